The van der Waals surface area contributed by atoms with Crippen molar-refractivity contribution in [3.8, 4) is 22.7 Å². The number of amides is 1. The van der Waals surface area contributed by atoms with E-state index in [4.69, 9.17) is 9.51 Å². The lowest BCUT2D eigenvalue weighted by Gasteiger charge is -2.31. The number of hydrogen-bond donors (Lipinski definition) is 0. The molecule has 1 saturated heterocycles. The summed E-state index contributed by atoms with van der Waals surface area (Å²) in [5.41, 5.74) is 3.57. The van der Waals surface area contributed by atoms with Crippen LogP contribution in [0.4, 0.5) is 0 Å². The second-order valence-corrected chi connectivity index (χ2v) is 6.84. The highest BCUT2D eigenvalue weighted by Gasteiger charge is 2.27. The van der Waals surface area contributed by atoms with Crippen LogP contribution in [0.1, 0.15) is 37.1 Å². The molecule has 27 heavy (non-hydrogen) atoms. The summed E-state index contributed by atoms with van der Waals surface area (Å²) in [7, 11) is 0. The minimum atomic E-state index is 0.125. The van der Waals surface area contributed by atoms with Crippen LogP contribution in [0.5, 0.6) is 0 Å². The van der Waals surface area contributed by atoms with Gasteiger partial charge < -0.3 is 9.42 Å². The first-order chi connectivity index (χ1) is 13.1. The van der Waals surface area contributed by atoms with Gasteiger partial charge in [-0.2, -0.15) is 0 Å². The lowest BCUT2D eigenvalue weighted by Crippen LogP contribution is -2.36. The second-order valence-electron chi connectivity index (χ2n) is 6.84. The Labute approximate surface area is 157 Å². The highest BCUT2D eigenvalue weighted by atomic mass is 16.5. The molecule has 0 bridgehead atoms. The Balaban J connectivity index is 1.73. The average Bonchev–Trinajstić information content (AvgIpc) is 3.14. The van der Waals surface area contributed by atoms with E-state index < -0.39 is 0 Å². The predicted molar refractivity (Wildman–Crippen MR) is 99.7 cm³/mol. The third-order valence-electron chi connectivity index (χ3n) is 4.98. The first kappa shape index (κ1) is 17.3. The number of likely N-dealkylation sites (tertiary alicyclic amines) is 1. The number of hydrogen-bond acceptors (Lipinski definition) is 6. The Hall–Kier alpha value is -3.09. The molecular weight excluding hydrogens is 342 g/mol. The van der Waals surface area contributed by atoms with E-state index in [9.17, 15) is 4.79 Å². The zero-order chi connectivity index (χ0) is 18.8. The second kappa shape index (κ2) is 7.26. The number of aromatic nitrogens is 4. The van der Waals surface area contributed by atoms with E-state index in [1.54, 1.807) is 19.3 Å². The van der Waals surface area contributed by atoms with Gasteiger partial charge in [0.2, 0.25) is 5.91 Å². The summed E-state index contributed by atoms with van der Waals surface area (Å²) in [4.78, 5) is 27.0. The molecule has 4 rings (SSSR count). The molecule has 0 atom stereocenters. The van der Waals surface area contributed by atoms with E-state index in [1.165, 1.54) is 0 Å². The quantitative estimate of drug-likeness (QED) is 0.710. The third kappa shape index (κ3) is 3.58. The maximum Gasteiger partial charge on any atom is 0.219 e. The summed E-state index contributed by atoms with van der Waals surface area (Å²) in [6, 6.07) is 5.70. The standard InChI is InChI=1S/C20H21N5O2/c1-13-11-18(27-24-13)17-12-22-20(16-3-7-21-8-4-16)23-19(17)15-5-9-25(10-6-15)14(2)26/h3-4,7-8,11-12,15H,5-6,9-10H2,1-2H3. The molecule has 4 heterocycles. The molecule has 1 aliphatic heterocycles. The van der Waals surface area contributed by atoms with Crippen molar-refractivity contribution in [3.63, 3.8) is 0 Å². The van der Waals surface area contributed by atoms with E-state index in [0.717, 1.165) is 48.4 Å². The summed E-state index contributed by atoms with van der Waals surface area (Å²) in [5, 5.41) is 4.00. The van der Waals surface area contributed by atoms with Crippen LogP contribution in [-0.2, 0) is 4.79 Å². The molecule has 0 radical (unpaired) electrons. The fraction of sp³-hybridized carbons (Fsp3) is 0.350. The predicted octanol–water partition coefficient (Wildman–Crippen LogP) is 3.23. The van der Waals surface area contributed by atoms with Gasteiger partial charge in [-0.15, -0.1) is 0 Å². The zero-order valence-electron chi connectivity index (χ0n) is 15.4. The lowest BCUT2D eigenvalue weighted by atomic mass is 9.90. The Morgan fingerprint density at radius 1 is 1.22 bits per heavy atom. The molecular formula is C20H21N5O2. The van der Waals surface area contributed by atoms with E-state index >= 15 is 0 Å². The van der Waals surface area contributed by atoms with E-state index in [-0.39, 0.29) is 11.8 Å². The van der Waals surface area contributed by atoms with Crippen molar-refractivity contribution in [2.45, 2.75) is 32.6 Å². The van der Waals surface area contributed by atoms with Gasteiger partial charge in [0.05, 0.1) is 17.0 Å². The van der Waals surface area contributed by atoms with Gasteiger partial charge in [0.15, 0.2) is 11.6 Å². The molecule has 1 amide bonds. The van der Waals surface area contributed by atoms with Gasteiger partial charge in [-0.1, -0.05) is 5.16 Å². The first-order valence-corrected chi connectivity index (χ1v) is 9.08. The third-order valence-corrected chi connectivity index (χ3v) is 4.98. The van der Waals surface area contributed by atoms with Gasteiger partial charge in [-0.05, 0) is 31.9 Å². The molecule has 7 nitrogen and oxygen atoms in total. The maximum absolute atomic E-state index is 11.6. The van der Waals surface area contributed by atoms with Crippen molar-refractivity contribution in [3.05, 3.63) is 48.2 Å². The molecule has 7 heteroatoms. The normalized spacial score (nSPS) is 15.1. The van der Waals surface area contributed by atoms with Crippen LogP contribution >= 0.6 is 0 Å². The Bertz CT molecular complexity index is 946. The molecule has 0 unspecified atom stereocenters. The number of piperidine rings is 1. The number of rotatable bonds is 3. The Kier molecular flexibility index (Phi) is 4.66. The summed E-state index contributed by atoms with van der Waals surface area (Å²) in [6.45, 7) is 4.99. The molecule has 3 aromatic rings. The van der Waals surface area contributed by atoms with E-state index in [0.29, 0.717) is 11.6 Å². The van der Waals surface area contributed by atoms with Crippen molar-refractivity contribution in [1.82, 2.24) is 25.0 Å². The molecule has 1 fully saturated rings. The Morgan fingerprint density at radius 2 is 1.96 bits per heavy atom. The van der Waals surface area contributed by atoms with Gasteiger partial charge in [-0.25, -0.2) is 9.97 Å². The lowest BCUT2D eigenvalue weighted by molar-refractivity contribution is -0.129. The first-order valence-electron chi connectivity index (χ1n) is 9.08. The monoisotopic (exact) mass is 363 g/mol. The molecule has 0 spiro atoms. The molecule has 0 N–H and O–H groups in total. The highest BCUT2D eigenvalue weighted by Crippen LogP contribution is 2.35. The average molecular weight is 363 g/mol. The summed E-state index contributed by atoms with van der Waals surface area (Å²) >= 11 is 0. The Morgan fingerprint density at radius 3 is 2.59 bits per heavy atom. The summed E-state index contributed by atoms with van der Waals surface area (Å²) < 4.78 is 5.48. The fourth-order valence-electron chi connectivity index (χ4n) is 3.49. The van der Waals surface area contributed by atoms with Crippen LogP contribution in [0.2, 0.25) is 0 Å². The van der Waals surface area contributed by atoms with Crippen LogP contribution in [-0.4, -0.2) is 44.0 Å². The molecule has 0 aromatic carbocycles. The van der Waals surface area contributed by atoms with Crippen LogP contribution in [0, 0.1) is 6.92 Å². The van der Waals surface area contributed by atoms with E-state index in [2.05, 4.69) is 15.1 Å². The molecule has 0 saturated carbocycles. The van der Waals surface area contributed by atoms with Gasteiger partial charge in [0.25, 0.3) is 0 Å². The van der Waals surface area contributed by atoms with Gasteiger partial charge in [0.1, 0.15) is 0 Å². The molecule has 0 aliphatic carbocycles. The van der Waals surface area contributed by atoms with Crippen molar-refractivity contribution in [1.29, 1.82) is 0 Å². The maximum atomic E-state index is 11.6. The van der Waals surface area contributed by atoms with Gasteiger partial charge in [0, 0.05) is 56.2 Å². The van der Waals surface area contributed by atoms with Crippen LogP contribution in [0.3, 0.4) is 0 Å². The van der Waals surface area contributed by atoms with Gasteiger partial charge >= 0.3 is 0 Å². The largest absolute Gasteiger partial charge is 0.356 e. The van der Waals surface area contributed by atoms with Crippen molar-refractivity contribution >= 4 is 5.91 Å². The number of nitrogens with zero attached hydrogens (tertiary/aromatic N) is 5. The SMILES string of the molecule is CC(=O)N1CCC(c2nc(-c3ccncc3)ncc2-c2cc(C)no2)CC1. The van der Waals surface area contributed by atoms with Crippen molar-refractivity contribution < 1.29 is 9.32 Å². The number of pyridine rings is 1. The summed E-state index contributed by atoms with van der Waals surface area (Å²) in [6.07, 6.45) is 7.02. The van der Waals surface area contributed by atoms with Crippen LogP contribution < -0.4 is 0 Å². The number of aryl methyl sites for hydroxylation is 1. The van der Waals surface area contributed by atoms with Crippen molar-refractivity contribution in [2.75, 3.05) is 13.1 Å². The van der Waals surface area contributed by atoms with Crippen LogP contribution in [0.15, 0.2) is 41.3 Å². The van der Waals surface area contributed by atoms with E-state index in [1.807, 2.05) is 36.2 Å². The minimum absolute atomic E-state index is 0.125. The summed E-state index contributed by atoms with van der Waals surface area (Å²) in [5.74, 6) is 1.71. The van der Waals surface area contributed by atoms with Crippen LogP contribution in [0.25, 0.3) is 22.7 Å². The molecule has 3 aromatic heterocycles. The zero-order valence-corrected chi connectivity index (χ0v) is 15.4. The molecule has 1 aliphatic rings. The number of carbonyl (C=O) groups excluding carboxylic acids is 1. The smallest absolute Gasteiger partial charge is 0.219 e. The molecule has 138 valence electrons. The van der Waals surface area contributed by atoms with Crippen molar-refractivity contribution in [2.24, 2.45) is 0 Å². The number of carbonyl (C=O) groups is 1. The fourth-order valence-corrected chi connectivity index (χ4v) is 3.49. The highest BCUT2D eigenvalue weighted by molar-refractivity contribution is 5.73. The van der Waals surface area contributed by atoms with Gasteiger partial charge in [-0.3, -0.25) is 9.78 Å². The topological polar surface area (TPSA) is 85.0 Å². The minimum Gasteiger partial charge on any atom is -0.356 e.